The molecule has 0 aromatic carbocycles. The Bertz CT molecular complexity index is 213. The van der Waals surface area contributed by atoms with Crippen LogP contribution in [-0.4, -0.2) is 48.8 Å². The highest BCUT2D eigenvalue weighted by atomic mass is 16.5. The van der Waals surface area contributed by atoms with Crippen molar-refractivity contribution in [1.82, 2.24) is 4.90 Å². The Labute approximate surface area is 104 Å². The van der Waals surface area contributed by atoms with Gasteiger partial charge in [0.2, 0.25) is 0 Å². The quantitative estimate of drug-likeness (QED) is 0.662. The average molecular weight is 243 g/mol. The summed E-state index contributed by atoms with van der Waals surface area (Å²) in [6.07, 6.45) is 4.69. The van der Waals surface area contributed by atoms with Gasteiger partial charge in [-0.05, 0) is 38.3 Å². The van der Waals surface area contributed by atoms with Crippen molar-refractivity contribution >= 4 is 5.97 Å². The molecule has 0 saturated carbocycles. The molecule has 0 amide bonds. The minimum absolute atomic E-state index is 0.334. The van der Waals surface area contributed by atoms with E-state index in [9.17, 15) is 4.79 Å². The van der Waals surface area contributed by atoms with Gasteiger partial charge in [-0.15, -0.1) is 0 Å². The first-order valence-corrected chi connectivity index (χ1v) is 6.74. The molecule has 0 spiro atoms. The minimum atomic E-state index is -0.661. The molecular weight excluding hydrogens is 218 g/mol. The fraction of sp³-hybridized carbons (Fsp3) is 0.923. The molecular formula is C13H25NO3. The maximum atomic E-state index is 10.6. The zero-order valence-corrected chi connectivity index (χ0v) is 10.9. The van der Waals surface area contributed by atoms with Gasteiger partial charge in [-0.2, -0.15) is 0 Å². The van der Waals surface area contributed by atoms with Crippen LogP contribution in [0, 0.1) is 5.92 Å². The number of carbonyl (C=O) groups is 1. The van der Waals surface area contributed by atoms with Crippen molar-refractivity contribution < 1.29 is 14.6 Å². The highest BCUT2D eigenvalue weighted by Crippen LogP contribution is 2.19. The third-order valence-corrected chi connectivity index (χ3v) is 3.36. The van der Waals surface area contributed by atoms with Crippen LogP contribution >= 0.6 is 0 Å². The lowest BCUT2D eigenvalue weighted by Gasteiger charge is -2.31. The van der Waals surface area contributed by atoms with E-state index in [1.807, 2.05) is 0 Å². The summed E-state index contributed by atoms with van der Waals surface area (Å²) in [5.41, 5.74) is 0. The zero-order valence-electron chi connectivity index (χ0n) is 10.9. The summed E-state index contributed by atoms with van der Waals surface area (Å²) in [6, 6.07) is 0. The van der Waals surface area contributed by atoms with Crippen LogP contribution in [0.15, 0.2) is 0 Å². The Balaban J connectivity index is 2.01. The van der Waals surface area contributed by atoms with Crippen LogP contribution in [0.1, 0.15) is 39.0 Å². The number of nitrogens with zero attached hydrogens (tertiary/aromatic N) is 1. The summed E-state index contributed by atoms with van der Waals surface area (Å²) in [4.78, 5) is 13.0. The first-order chi connectivity index (χ1) is 8.22. The van der Waals surface area contributed by atoms with Gasteiger partial charge in [0.15, 0.2) is 0 Å². The average Bonchev–Trinajstić information content (AvgIpc) is 2.30. The zero-order chi connectivity index (χ0) is 12.5. The van der Waals surface area contributed by atoms with Crippen LogP contribution in [0.3, 0.4) is 0 Å². The van der Waals surface area contributed by atoms with Gasteiger partial charge >= 0.3 is 5.97 Å². The Morgan fingerprint density at radius 3 is 2.65 bits per heavy atom. The standard InChI is InChI=1S/C13H25NO3/c1-2-3-9-17-10-8-14-6-4-12(5-7-14)11-13(15)16/h12H,2-11H2,1H3,(H,15,16). The summed E-state index contributed by atoms with van der Waals surface area (Å²) in [5, 5.41) is 8.72. The summed E-state index contributed by atoms with van der Waals surface area (Å²) in [5.74, 6) is -0.281. The van der Waals surface area contributed by atoms with E-state index >= 15 is 0 Å². The van der Waals surface area contributed by atoms with Crippen LogP contribution in [-0.2, 0) is 9.53 Å². The van der Waals surface area contributed by atoms with E-state index in [0.29, 0.717) is 12.3 Å². The SMILES string of the molecule is CCCCOCCN1CCC(CC(=O)O)CC1. The lowest BCUT2D eigenvalue weighted by atomic mass is 9.94. The lowest BCUT2D eigenvalue weighted by molar-refractivity contribution is -0.138. The Kier molecular flexibility index (Phi) is 7.21. The lowest BCUT2D eigenvalue weighted by Crippen LogP contribution is -2.36. The van der Waals surface area contributed by atoms with Gasteiger partial charge in [-0.25, -0.2) is 0 Å². The Morgan fingerprint density at radius 2 is 2.06 bits per heavy atom. The first-order valence-electron chi connectivity index (χ1n) is 6.74. The van der Waals surface area contributed by atoms with E-state index in [4.69, 9.17) is 9.84 Å². The molecule has 1 fully saturated rings. The molecule has 1 heterocycles. The van der Waals surface area contributed by atoms with Crippen molar-refractivity contribution in [2.75, 3.05) is 32.8 Å². The van der Waals surface area contributed by atoms with Gasteiger partial charge in [-0.1, -0.05) is 13.3 Å². The summed E-state index contributed by atoms with van der Waals surface area (Å²) in [7, 11) is 0. The maximum Gasteiger partial charge on any atom is 0.303 e. The molecule has 0 atom stereocenters. The van der Waals surface area contributed by atoms with Crippen LogP contribution in [0.4, 0.5) is 0 Å². The molecule has 0 aromatic rings. The van der Waals surface area contributed by atoms with Crippen molar-refractivity contribution in [3.05, 3.63) is 0 Å². The van der Waals surface area contributed by atoms with Gasteiger partial charge in [0.05, 0.1) is 6.61 Å². The number of unbranched alkanes of at least 4 members (excludes halogenated alkanes) is 1. The largest absolute Gasteiger partial charge is 0.481 e. The number of piperidine rings is 1. The van der Waals surface area contributed by atoms with Crippen LogP contribution in [0.25, 0.3) is 0 Å². The Morgan fingerprint density at radius 1 is 1.35 bits per heavy atom. The van der Waals surface area contributed by atoms with Gasteiger partial charge in [0.1, 0.15) is 0 Å². The smallest absolute Gasteiger partial charge is 0.303 e. The second-order valence-corrected chi connectivity index (χ2v) is 4.85. The summed E-state index contributed by atoms with van der Waals surface area (Å²) >= 11 is 0. The molecule has 1 saturated heterocycles. The number of hydrogen-bond donors (Lipinski definition) is 1. The van der Waals surface area contributed by atoms with E-state index in [0.717, 1.165) is 52.1 Å². The first kappa shape index (κ1) is 14.5. The third-order valence-electron chi connectivity index (χ3n) is 3.36. The highest BCUT2D eigenvalue weighted by Gasteiger charge is 2.20. The van der Waals surface area contributed by atoms with Gasteiger partial charge in [0.25, 0.3) is 0 Å². The van der Waals surface area contributed by atoms with Crippen molar-refractivity contribution in [2.24, 2.45) is 5.92 Å². The van der Waals surface area contributed by atoms with Crippen molar-refractivity contribution in [3.8, 4) is 0 Å². The number of rotatable bonds is 8. The molecule has 0 unspecified atom stereocenters. The molecule has 1 rings (SSSR count). The molecule has 4 heteroatoms. The molecule has 17 heavy (non-hydrogen) atoms. The topological polar surface area (TPSA) is 49.8 Å². The second kappa shape index (κ2) is 8.48. The molecule has 0 aliphatic carbocycles. The fourth-order valence-corrected chi connectivity index (χ4v) is 2.20. The molecule has 1 N–H and O–H groups in total. The van der Waals surface area contributed by atoms with Crippen LogP contribution in [0.2, 0.25) is 0 Å². The molecule has 0 bridgehead atoms. The van der Waals surface area contributed by atoms with E-state index in [2.05, 4.69) is 11.8 Å². The van der Waals surface area contributed by atoms with E-state index in [1.54, 1.807) is 0 Å². The van der Waals surface area contributed by atoms with Crippen LogP contribution in [0.5, 0.6) is 0 Å². The second-order valence-electron chi connectivity index (χ2n) is 4.85. The minimum Gasteiger partial charge on any atom is -0.481 e. The van der Waals surface area contributed by atoms with Gasteiger partial charge in [-0.3, -0.25) is 4.79 Å². The van der Waals surface area contributed by atoms with Gasteiger partial charge < -0.3 is 14.7 Å². The summed E-state index contributed by atoms with van der Waals surface area (Å²) < 4.78 is 5.53. The normalized spacial score (nSPS) is 18.4. The molecule has 1 aliphatic heterocycles. The number of hydrogen-bond acceptors (Lipinski definition) is 3. The Hall–Kier alpha value is -0.610. The summed E-state index contributed by atoms with van der Waals surface area (Å²) in [6.45, 7) is 6.87. The number of carboxylic acids is 1. The number of aliphatic carboxylic acids is 1. The monoisotopic (exact) mass is 243 g/mol. The van der Waals surface area contributed by atoms with Crippen molar-refractivity contribution in [2.45, 2.75) is 39.0 Å². The molecule has 4 nitrogen and oxygen atoms in total. The van der Waals surface area contributed by atoms with Crippen molar-refractivity contribution in [3.63, 3.8) is 0 Å². The van der Waals surface area contributed by atoms with Gasteiger partial charge in [0, 0.05) is 19.6 Å². The number of likely N-dealkylation sites (tertiary alicyclic amines) is 1. The molecule has 100 valence electrons. The van der Waals surface area contributed by atoms with Crippen LogP contribution < -0.4 is 0 Å². The maximum absolute atomic E-state index is 10.6. The molecule has 0 aromatic heterocycles. The fourth-order valence-electron chi connectivity index (χ4n) is 2.20. The predicted octanol–water partition coefficient (Wildman–Crippen LogP) is 1.99. The predicted molar refractivity (Wildman–Crippen MR) is 67.1 cm³/mol. The van der Waals surface area contributed by atoms with E-state index in [-0.39, 0.29) is 0 Å². The number of ether oxygens (including phenoxy) is 1. The van der Waals surface area contributed by atoms with E-state index < -0.39 is 5.97 Å². The number of carboxylic acid groups (broad SMARTS) is 1. The van der Waals surface area contributed by atoms with Crippen molar-refractivity contribution in [1.29, 1.82) is 0 Å². The van der Waals surface area contributed by atoms with E-state index in [1.165, 1.54) is 6.42 Å². The molecule has 1 aliphatic rings. The third kappa shape index (κ3) is 6.64. The molecule has 0 radical (unpaired) electrons. The highest BCUT2D eigenvalue weighted by molar-refractivity contribution is 5.67.